The molecule has 0 N–H and O–H groups in total. The van der Waals surface area contributed by atoms with Crippen molar-refractivity contribution in [1.82, 2.24) is 4.90 Å². The summed E-state index contributed by atoms with van der Waals surface area (Å²) in [5.41, 5.74) is 0. The fourth-order valence-electron chi connectivity index (χ4n) is 2.18. The number of amides is 1. The Kier molecular flexibility index (Phi) is 4.95. The first-order valence-corrected chi connectivity index (χ1v) is 7.67. The van der Waals surface area contributed by atoms with E-state index in [0.717, 1.165) is 29.4 Å². The maximum Gasteiger partial charge on any atom is 0.232 e. The molecule has 1 heterocycles. The van der Waals surface area contributed by atoms with Gasteiger partial charge in [0.2, 0.25) is 5.91 Å². The Morgan fingerprint density at radius 1 is 1.44 bits per heavy atom. The van der Waals surface area contributed by atoms with Crippen LogP contribution in [-0.4, -0.2) is 29.6 Å². The molecule has 0 saturated carbocycles. The highest BCUT2D eigenvalue weighted by Crippen LogP contribution is 2.22. The van der Waals surface area contributed by atoms with Crippen molar-refractivity contribution in [3.63, 3.8) is 0 Å². The van der Waals surface area contributed by atoms with Crippen LogP contribution in [0.15, 0.2) is 29.2 Å². The summed E-state index contributed by atoms with van der Waals surface area (Å²) in [5, 5.41) is 0.732. The summed E-state index contributed by atoms with van der Waals surface area (Å²) in [6.45, 7) is 4.05. The number of halogens is 1. The van der Waals surface area contributed by atoms with Crippen LogP contribution in [0.3, 0.4) is 0 Å². The molecule has 4 heteroatoms. The summed E-state index contributed by atoms with van der Waals surface area (Å²) in [4.78, 5) is 15.2. The molecule has 0 spiro atoms. The molecule has 0 aliphatic carbocycles. The summed E-state index contributed by atoms with van der Waals surface area (Å²) in [5.74, 6) is 1.42. The highest BCUT2D eigenvalue weighted by atomic mass is 35.5. The predicted octanol–water partition coefficient (Wildman–Crippen LogP) is 3.69. The molecule has 0 bridgehead atoms. The van der Waals surface area contributed by atoms with E-state index in [-0.39, 0.29) is 5.91 Å². The fourth-order valence-corrected chi connectivity index (χ4v) is 3.11. The summed E-state index contributed by atoms with van der Waals surface area (Å²) in [7, 11) is 0. The molecule has 2 nitrogen and oxygen atoms in total. The molecule has 1 fully saturated rings. The first kappa shape index (κ1) is 13.8. The Hall–Kier alpha value is -0.670. The van der Waals surface area contributed by atoms with Crippen molar-refractivity contribution in [3.8, 4) is 0 Å². The highest BCUT2D eigenvalue weighted by Gasteiger charge is 2.20. The van der Waals surface area contributed by atoms with E-state index in [2.05, 4.69) is 6.92 Å². The van der Waals surface area contributed by atoms with Gasteiger partial charge in [0, 0.05) is 23.0 Å². The Labute approximate surface area is 118 Å². The van der Waals surface area contributed by atoms with Crippen LogP contribution >= 0.6 is 23.4 Å². The minimum atomic E-state index is 0.251. The van der Waals surface area contributed by atoms with Crippen molar-refractivity contribution in [2.75, 3.05) is 18.8 Å². The van der Waals surface area contributed by atoms with Crippen LogP contribution in [0, 0.1) is 5.92 Å². The number of hydrogen-bond donors (Lipinski definition) is 0. The molecule has 1 atom stereocenters. The molecule has 0 radical (unpaired) electrons. The van der Waals surface area contributed by atoms with Crippen LogP contribution < -0.4 is 0 Å². The third-order valence-electron chi connectivity index (χ3n) is 3.19. The molecule has 1 aromatic rings. The molecule has 98 valence electrons. The van der Waals surface area contributed by atoms with E-state index in [1.165, 1.54) is 6.42 Å². The number of carbonyl (C=O) groups excluding carboxylic acids is 1. The fraction of sp³-hybridized carbons (Fsp3) is 0.500. The van der Waals surface area contributed by atoms with Crippen LogP contribution in [0.1, 0.15) is 19.8 Å². The minimum absolute atomic E-state index is 0.251. The van der Waals surface area contributed by atoms with Crippen LogP contribution in [0.2, 0.25) is 5.02 Å². The number of benzene rings is 1. The number of piperidine rings is 1. The van der Waals surface area contributed by atoms with E-state index >= 15 is 0 Å². The van der Waals surface area contributed by atoms with Gasteiger partial charge in [-0.1, -0.05) is 18.5 Å². The topological polar surface area (TPSA) is 20.3 Å². The zero-order chi connectivity index (χ0) is 13.0. The lowest BCUT2D eigenvalue weighted by atomic mass is 10.0. The summed E-state index contributed by atoms with van der Waals surface area (Å²) < 4.78 is 0. The summed E-state index contributed by atoms with van der Waals surface area (Å²) in [6.07, 6.45) is 2.38. The maximum atomic E-state index is 12.1. The van der Waals surface area contributed by atoms with Gasteiger partial charge in [-0.2, -0.15) is 0 Å². The zero-order valence-electron chi connectivity index (χ0n) is 10.6. The first-order chi connectivity index (χ1) is 8.65. The largest absolute Gasteiger partial charge is 0.342 e. The van der Waals surface area contributed by atoms with Gasteiger partial charge in [0.15, 0.2) is 0 Å². The zero-order valence-corrected chi connectivity index (χ0v) is 12.1. The molecule has 0 aromatic heterocycles. The number of likely N-dealkylation sites (tertiary alicyclic amines) is 1. The molecule has 1 amide bonds. The van der Waals surface area contributed by atoms with E-state index in [1.54, 1.807) is 11.8 Å². The standard InChI is InChI=1S/C14H18ClNOS/c1-11-3-2-8-16(9-11)14(17)10-18-13-6-4-12(15)5-7-13/h4-7,11H,2-3,8-10H2,1H3/t11-/m0/s1. The highest BCUT2D eigenvalue weighted by molar-refractivity contribution is 8.00. The molecule has 1 aliphatic heterocycles. The van der Waals surface area contributed by atoms with Crippen molar-refractivity contribution in [3.05, 3.63) is 29.3 Å². The van der Waals surface area contributed by atoms with Gasteiger partial charge in [-0.15, -0.1) is 11.8 Å². The molecule has 1 saturated heterocycles. The van der Waals surface area contributed by atoms with Crippen molar-refractivity contribution in [2.45, 2.75) is 24.7 Å². The number of nitrogens with zero attached hydrogens (tertiary/aromatic N) is 1. The first-order valence-electron chi connectivity index (χ1n) is 6.31. The second-order valence-corrected chi connectivity index (χ2v) is 6.31. The van der Waals surface area contributed by atoms with E-state index in [1.807, 2.05) is 29.2 Å². The Bertz CT molecular complexity index is 407. The SMILES string of the molecule is C[C@H]1CCCN(C(=O)CSc2ccc(Cl)cc2)C1. The van der Waals surface area contributed by atoms with Crippen LogP contribution in [0.5, 0.6) is 0 Å². The smallest absolute Gasteiger partial charge is 0.232 e. The predicted molar refractivity (Wildman–Crippen MR) is 77.2 cm³/mol. The Morgan fingerprint density at radius 2 is 2.17 bits per heavy atom. The molecule has 18 heavy (non-hydrogen) atoms. The number of hydrogen-bond acceptors (Lipinski definition) is 2. The maximum absolute atomic E-state index is 12.1. The van der Waals surface area contributed by atoms with Gasteiger partial charge in [0.25, 0.3) is 0 Å². The second-order valence-electron chi connectivity index (χ2n) is 4.83. The van der Waals surface area contributed by atoms with Gasteiger partial charge in [0.1, 0.15) is 0 Å². The molecular formula is C14H18ClNOS. The van der Waals surface area contributed by atoms with Crippen molar-refractivity contribution < 1.29 is 4.79 Å². The number of carbonyl (C=O) groups is 1. The van der Waals surface area contributed by atoms with E-state index in [4.69, 9.17) is 11.6 Å². The lowest BCUT2D eigenvalue weighted by molar-refractivity contribution is -0.130. The lowest BCUT2D eigenvalue weighted by Crippen LogP contribution is -2.40. The van der Waals surface area contributed by atoms with E-state index in [0.29, 0.717) is 11.7 Å². The number of rotatable bonds is 3. The van der Waals surface area contributed by atoms with Crippen molar-refractivity contribution >= 4 is 29.3 Å². The summed E-state index contributed by atoms with van der Waals surface area (Å²) in [6, 6.07) is 7.63. The summed E-state index contributed by atoms with van der Waals surface area (Å²) >= 11 is 7.41. The molecular weight excluding hydrogens is 266 g/mol. The van der Waals surface area contributed by atoms with E-state index in [9.17, 15) is 4.79 Å². The average molecular weight is 284 g/mol. The third kappa shape index (κ3) is 3.92. The van der Waals surface area contributed by atoms with Crippen molar-refractivity contribution in [2.24, 2.45) is 5.92 Å². The number of thioether (sulfide) groups is 1. The van der Waals surface area contributed by atoms with Gasteiger partial charge >= 0.3 is 0 Å². The molecule has 1 aromatic carbocycles. The van der Waals surface area contributed by atoms with Gasteiger partial charge in [-0.25, -0.2) is 0 Å². The van der Waals surface area contributed by atoms with Crippen LogP contribution in [0.4, 0.5) is 0 Å². The van der Waals surface area contributed by atoms with Gasteiger partial charge < -0.3 is 4.90 Å². The quantitative estimate of drug-likeness (QED) is 0.789. The minimum Gasteiger partial charge on any atom is -0.342 e. The Morgan fingerprint density at radius 3 is 2.83 bits per heavy atom. The molecule has 0 unspecified atom stereocenters. The van der Waals surface area contributed by atoms with Crippen LogP contribution in [0.25, 0.3) is 0 Å². The van der Waals surface area contributed by atoms with Gasteiger partial charge in [0.05, 0.1) is 5.75 Å². The second kappa shape index (κ2) is 6.48. The average Bonchev–Trinajstić information content (AvgIpc) is 2.38. The monoisotopic (exact) mass is 283 g/mol. The van der Waals surface area contributed by atoms with Crippen molar-refractivity contribution in [1.29, 1.82) is 0 Å². The van der Waals surface area contributed by atoms with Crippen LogP contribution in [-0.2, 0) is 4.79 Å². The molecule has 1 aliphatic rings. The van der Waals surface area contributed by atoms with Gasteiger partial charge in [-0.3, -0.25) is 4.79 Å². The van der Waals surface area contributed by atoms with Gasteiger partial charge in [-0.05, 0) is 43.0 Å². The third-order valence-corrected chi connectivity index (χ3v) is 4.43. The molecule has 2 rings (SSSR count). The lowest BCUT2D eigenvalue weighted by Gasteiger charge is -2.30. The normalized spacial score (nSPS) is 19.9. The Balaban J connectivity index is 1.82. The van der Waals surface area contributed by atoms with E-state index < -0.39 is 0 Å².